The molecule has 4 nitrogen and oxygen atoms in total. The molecule has 1 saturated heterocycles. The molecule has 4 heteroatoms. The number of hydrogen-bond donors (Lipinski definition) is 2. The summed E-state index contributed by atoms with van der Waals surface area (Å²) in [5, 5.41) is 7.22. The van der Waals surface area contributed by atoms with Crippen LogP contribution in [0.3, 0.4) is 0 Å². The van der Waals surface area contributed by atoms with Gasteiger partial charge < -0.3 is 15.0 Å². The van der Waals surface area contributed by atoms with E-state index in [0.717, 1.165) is 17.7 Å². The van der Waals surface area contributed by atoms with Crippen LogP contribution >= 0.6 is 0 Å². The summed E-state index contributed by atoms with van der Waals surface area (Å²) in [5.74, 6) is 3.31. The molecule has 1 aliphatic carbocycles. The quantitative estimate of drug-likeness (QED) is 0.907. The van der Waals surface area contributed by atoms with Crippen LogP contribution in [0.2, 0.25) is 0 Å². The van der Waals surface area contributed by atoms with Gasteiger partial charge in [-0.3, -0.25) is 0 Å². The van der Waals surface area contributed by atoms with Gasteiger partial charge in [0.1, 0.15) is 5.82 Å². The van der Waals surface area contributed by atoms with Gasteiger partial charge in [0.05, 0.1) is 17.3 Å². The van der Waals surface area contributed by atoms with Crippen molar-refractivity contribution < 1.29 is 0 Å². The first kappa shape index (κ1) is 15.7. The molecular weight excluding hydrogens is 296 g/mol. The lowest BCUT2D eigenvalue weighted by molar-refractivity contribution is 0.383. The Balaban J connectivity index is 1.54. The summed E-state index contributed by atoms with van der Waals surface area (Å²) in [4.78, 5) is 4.71. The van der Waals surface area contributed by atoms with Crippen molar-refractivity contribution in [1.82, 2.24) is 20.0 Å². The molecule has 1 saturated carbocycles. The molecule has 0 radical (unpaired) electrons. The highest BCUT2D eigenvalue weighted by Gasteiger charge is 2.39. The predicted octanol–water partition coefficient (Wildman–Crippen LogP) is 3.23. The van der Waals surface area contributed by atoms with E-state index in [4.69, 9.17) is 4.98 Å². The zero-order valence-corrected chi connectivity index (χ0v) is 15.0. The number of aromatic nitrogens is 2. The highest BCUT2D eigenvalue weighted by molar-refractivity contribution is 5.53. The normalized spacial score (nSPS) is 26.7. The number of nitrogens with one attached hydrogen (secondary N) is 2. The van der Waals surface area contributed by atoms with Crippen LogP contribution in [-0.4, -0.2) is 22.5 Å². The average molecular weight is 324 g/mol. The molecule has 2 N–H and O–H groups in total. The number of pyridine rings is 1. The molecule has 128 valence electrons. The fourth-order valence-corrected chi connectivity index (χ4v) is 4.63. The van der Waals surface area contributed by atoms with E-state index in [-0.39, 0.29) is 5.54 Å². The average Bonchev–Trinajstić information content (AvgIpc) is 3.21. The van der Waals surface area contributed by atoms with Crippen LogP contribution in [0.25, 0.3) is 5.52 Å². The van der Waals surface area contributed by atoms with Crippen molar-refractivity contribution in [2.75, 3.05) is 13.1 Å². The van der Waals surface area contributed by atoms with Gasteiger partial charge >= 0.3 is 0 Å². The van der Waals surface area contributed by atoms with Gasteiger partial charge in [0.2, 0.25) is 0 Å². The van der Waals surface area contributed by atoms with Crippen LogP contribution in [0.4, 0.5) is 0 Å². The van der Waals surface area contributed by atoms with E-state index in [9.17, 15) is 0 Å². The van der Waals surface area contributed by atoms with E-state index in [1.54, 1.807) is 0 Å². The van der Waals surface area contributed by atoms with Crippen LogP contribution in [0, 0.1) is 24.7 Å². The number of fused-ring (bicyclic) bond motifs is 2. The van der Waals surface area contributed by atoms with Gasteiger partial charge in [0.15, 0.2) is 0 Å². The zero-order chi connectivity index (χ0) is 16.9. The van der Waals surface area contributed by atoms with Crippen LogP contribution in [0.5, 0.6) is 0 Å². The topological polar surface area (TPSA) is 41.4 Å². The van der Waals surface area contributed by atoms with Gasteiger partial charge in [-0.1, -0.05) is 12.6 Å². The molecule has 2 fully saturated rings. The standard InChI is InChI=1S/C20H28N4/c1-13-6-5-7-24-18(13)12-22-19(24)20(3,4)23-14(2)15-8-16-10-21-11-17(16)9-15/h5-7,12,15-17,21,23H,2,8-11H2,1,3-4H3. The van der Waals surface area contributed by atoms with Gasteiger partial charge in [-0.2, -0.15) is 0 Å². The SMILES string of the molecule is C=C(NC(C)(C)c1ncc2c(C)cccn12)C1CC2CNCC2C1. The van der Waals surface area contributed by atoms with Crippen molar-refractivity contribution in [1.29, 1.82) is 0 Å². The maximum atomic E-state index is 4.71. The lowest BCUT2D eigenvalue weighted by atomic mass is 9.97. The number of imidazole rings is 1. The van der Waals surface area contributed by atoms with E-state index >= 15 is 0 Å². The summed E-state index contributed by atoms with van der Waals surface area (Å²) >= 11 is 0. The van der Waals surface area contributed by atoms with E-state index in [2.05, 4.69) is 60.7 Å². The third kappa shape index (κ3) is 2.53. The minimum atomic E-state index is -0.243. The molecule has 2 unspecified atom stereocenters. The third-order valence-electron chi connectivity index (χ3n) is 5.96. The fourth-order valence-electron chi connectivity index (χ4n) is 4.63. The molecule has 0 aromatic carbocycles. The van der Waals surface area contributed by atoms with Gasteiger partial charge in [-0.15, -0.1) is 0 Å². The zero-order valence-electron chi connectivity index (χ0n) is 15.0. The van der Waals surface area contributed by atoms with Crippen molar-refractivity contribution >= 4 is 5.52 Å². The Bertz CT molecular complexity index is 761. The first-order chi connectivity index (χ1) is 11.5. The van der Waals surface area contributed by atoms with Crippen LogP contribution in [-0.2, 0) is 5.54 Å². The first-order valence-electron chi connectivity index (χ1n) is 9.06. The summed E-state index contributed by atoms with van der Waals surface area (Å²) in [5.41, 5.74) is 3.36. The Morgan fingerprint density at radius 2 is 2.04 bits per heavy atom. The molecule has 0 spiro atoms. The summed E-state index contributed by atoms with van der Waals surface area (Å²) < 4.78 is 2.20. The van der Waals surface area contributed by atoms with Gasteiger partial charge in [-0.05, 0) is 76.1 Å². The molecule has 4 rings (SSSR count). The number of nitrogens with zero attached hydrogens (tertiary/aromatic N) is 2. The second kappa shape index (κ2) is 5.62. The second-order valence-electron chi connectivity index (χ2n) is 8.15. The smallest absolute Gasteiger partial charge is 0.138 e. The summed E-state index contributed by atoms with van der Waals surface area (Å²) in [7, 11) is 0. The minimum absolute atomic E-state index is 0.243. The highest BCUT2D eigenvalue weighted by atomic mass is 15.1. The Morgan fingerprint density at radius 3 is 2.75 bits per heavy atom. The van der Waals surface area contributed by atoms with Crippen molar-refractivity contribution in [2.45, 2.75) is 39.2 Å². The Hall–Kier alpha value is -1.81. The first-order valence-corrected chi connectivity index (χ1v) is 9.06. The van der Waals surface area contributed by atoms with Crippen molar-refractivity contribution in [3.63, 3.8) is 0 Å². The van der Waals surface area contributed by atoms with E-state index < -0.39 is 0 Å². The second-order valence-corrected chi connectivity index (χ2v) is 8.15. The maximum Gasteiger partial charge on any atom is 0.138 e. The van der Waals surface area contributed by atoms with E-state index in [1.807, 2.05) is 6.20 Å². The highest BCUT2D eigenvalue weighted by Crippen LogP contribution is 2.41. The monoisotopic (exact) mass is 324 g/mol. The fraction of sp³-hybridized carbons (Fsp3) is 0.550. The minimum Gasteiger partial charge on any atom is -0.377 e. The molecule has 2 aromatic heterocycles. The third-order valence-corrected chi connectivity index (χ3v) is 5.96. The summed E-state index contributed by atoms with van der Waals surface area (Å²) in [6.45, 7) is 13.3. The molecule has 2 aromatic rings. The van der Waals surface area contributed by atoms with Crippen LogP contribution < -0.4 is 10.6 Å². The van der Waals surface area contributed by atoms with Gasteiger partial charge in [0.25, 0.3) is 0 Å². The lowest BCUT2D eigenvalue weighted by Gasteiger charge is -2.30. The molecule has 2 atom stereocenters. The van der Waals surface area contributed by atoms with Crippen molar-refractivity contribution in [2.24, 2.45) is 17.8 Å². The van der Waals surface area contributed by atoms with Crippen LogP contribution in [0.15, 0.2) is 36.8 Å². The lowest BCUT2D eigenvalue weighted by Crippen LogP contribution is -2.39. The van der Waals surface area contributed by atoms with Gasteiger partial charge in [-0.25, -0.2) is 4.98 Å². The molecule has 0 amide bonds. The largest absolute Gasteiger partial charge is 0.377 e. The number of allylic oxidation sites excluding steroid dienone is 1. The number of aryl methyl sites for hydroxylation is 1. The Morgan fingerprint density at radius 1 is 1.33 bits per heavy atom. The van der Waals surface area contributed by atoms with E-state index in [0.29, 0.717) is 5.92 Å². The van der Waals surface area contributed by atoms with Crippen LogP contribution in [0.1, 0.15) is 38.1 Å². The molecule has 24 heavy (non-hydrogen) atoms. The number of rotatable bonds is 4. The predicted molar refractivity (Wildman–Crippen MR) is 97.8 cm³/mol. The molecular formula is C20H28N4. The molecule has 3 heterocycles. The maximum absolute atomic E-state index is 4.71. The van der Waals surface area contributed by atoms with Gasteiger partial charge in [0, 0.05) is 11.9 Å². The number of hydrogen-bond acceptors (Lipinski definition) is 3. The Kier molecular flexibility index (Phi) is 3.68. The Labute approximate surface area is 144 Å². The van der Waals surface area contributed by atoms with E-state index in [1.165, 1.54) is 42.7 Å². The molecule has 0 bridgehead atoms. The van der Waals surface area contributed by atoms with Crippen molar-refractivity contribution in [3.8, 4) is 0 Å². The van der Waals surface area contributed by atoms with Crippen molar-refractivity contribution in [3.05, 3.63) is 48.2 Å². The summed E-state index contributed by atoms with van der Waals surface area (Å²) in [6.07, 6.45) is 6.60. The summed E-state index contributed by atoms with van der Waals surface area (Å²) in [6, 6.07) is 4.22. The molecule has 2 aliphatic rings. The molecule has 1 aliphatic heterocycles.